The molecule has 0 saturated carbocycles. The van der Waals surface area contributed by atoms with Gasteiger partial charge in [0, 0.05) is 25.0 Å². The molecule has 0 saturated heterocycles. The first kappa shape index (κ1) is 16.4. The van der Waals surface area contributed by atoms with Crippen molar-refractivity contribution in [1.29, 1.82) is 0 Å². The first-order valence-electron chi connectivity index (χ1n) is 7.45. The van der Waals surface area contributed by atoms with Crippen molar-refractivity contribution >= 4 is 10.0 Å². The molecule has 0 atom stereocenters. The van der Waals surface area contributed by atoms with Gasteiger partial charge in [-0.25, -0.2) is 13.1 Å². The molecular weight excluding hydrogens is 324 g/mol. The summed E-state index contributed by atoms with van der Waals surface area (Å²) in [5.74, 6) is 0. The number of rotatable bonds is 5. The molecule has 0 aliphatic heterocycles. The maximum atomic E-state index is 12.3. The third-order valence-corrected chi connectivity index (χ3v) is 5.10. The molecule has 1 N–H and O–H groups in total. The fourth-order valence-electron chi connectivity index (χ4n) is 2.38. The quantitative estimate of drug-likeness (QED) is 0.772. The molecule has 0 aliphatic rings. The van der Waals surface area contributed by atoms with Crippen LogP contribution in [-0.4, -0.2) is 23.2 Å². The number of nitrogens with one attached hydrogen (secondary N) is 1. The lowest BCUT2D eigenvalue weighted by Crippen LogP contribution is -2.23. The van der Waals surface area contributed by atoms with Crippen LogP contribution in [0.25, 0.3) is 11.3 Å². The molecular formula is C17H18N4O2S. The molecule has 0 amide bonds. The Morgan fingerprint density at radius 1 is 1.08 bits per heavy atom. The first-order valence-corrected chi connectivity index (χ1v) is 8.94. The van der Waals surface area contributed by atoms with Crippen LogP contribution in [0.5, 0.6) is 0 Å². The smallest absolute Gasteiger partial charge is 0.240 e. The van der Waals surface area contributed by atoms with Crippen LogP contribution in [0.2, 0.25) is 0 Å². The lowest BCUT2D eigenvalue weighted by Gasteiger charge is -2.05. The van der Waals surface area contributed by atoms with Crippen LogP contribution in [0, 0.1) is 6.92 Å². The monoisotopic (exact) mass is 342 g/mol. The molecule has 1 aromatic carbocycles. The van der Waals surface area contributed by atoms with Gasteiger partial charge in [-0.3, -0.25) is 9.67 Å². The van der Waals surface area contributed by atoms with Crippen LogP contribution in [0.3, 0.4) is 0 Å². The minimum Gasteiger partial charge on any atom is -0.268 e. The molecule has 0 bridgehead atoms. The maximum absolute atomic E-state index is 12.3. The average molecular weight is 342 g/mol. The molecule has 2 aromatic heterocycles. The Morgan fingerprint density at radius 3 is 2.42 bits per heavy atom. The highest BCUT2D eigenvalue weighted by Gasteiger charge is 2.15. The molecule has 2 heterocycles. The van der Waals surface area contributed by atoms with Crippen LogP contribution >= 0.6 is 0 Å². The van der Waals surface area contributed by atoms with E-state index < -0.39 is 10.0 Å². The third-order valence-electron chi connectivity index (χ3n) is 3.68. The van der Waals surface area contributed by atoms with Gasteiger partial charge in [-0.1, -0.05) is 17.7 Å². The first-order chi connectivity index (χ1) is 11.5. The molecule has 7 heteroatoms. The SMILES string of the molecule is Cc1ccc(S(=O)(=O)NCc2cc(-c3ccncc3)n(C)n2)cc1. The zero-order valence-electron chi connectivity index (χ0n) is 13.5. The van der Waals surface area contributed by atoms with Gasteiger partial charge in [0.2, 0.25) is 10.0 Å². The van der Waals surface area contributed by atoms with Crippen LogP contribution in [-0.2, 0) is 23.6 Å². The van der Waals surface area contributed by atoms with Gasteiger partial charge in [0.05, 0.1) is 22.8 Å². The van der Waals surface area contributed by atoms with Gasteiger partial charge in [0.1, 0.15) is 0 Å². The molecule has 0 radical (unpaired) electrons. The minimum absolute atomic E-state index is 0.134. The lowest BCUT2D eigenvalue weighted by molar-refractivity contribution is 0.579. The normalized spacial score (nSPS) is 11.6. The molecule has 6 nitrogen and oxygen atoms in total. The number of benzene rings is 1. The summed E-state index contributed by atoms with van der Waals surface area (Å²) in [6.07, 6.45) is 3.42. The van der Waals surface area contributed by atoms with E-state index >= 15 is 0 Å². The van der Waals surface area contributed by atoms with E-state index in [1.54, 1.807) is 41.3 Å². The van der Waals surface area contributed by atoms with Crippen LogP contribution in [0.15, 0.2) is 59.8 Å². The molecule has 0 aliphatic carbocycles. The van der Waals surface area contributed by atoms with Crippen molar-refractivity contribution in [3.05, 3.63) is 66.1 Å². The number of hydrogen-bond donors (Lipinski definition) is 1. The standard InChI is InChI=1S/C17H18N4O2S/c1-13-3-5-16(6-4-13)24(22,23)19-12-15-11-17(21(2)20-15)14-7-9-18-10-8-14/h3-11,19H,12H2,1-2H3. The zero-order valence-corrected chi connectivity index (χ0v) is 14.3. The van der Waals surface area contributed by atoms with E-state index in [2.05, 4.69) is 14.8 Å². The Bertz CT molecular complexity index is 932. The predicted molar refractivity (Wildman–Crippen MR) is 91.6 cm³/mol. The van der Waals surface area contributed by atoms with E-state index in [1.807, 2.05) is 32.2 Å². The summed E-state index contributed by atoms with van der Waals surface area (Å²) < 4.78 is 29.0. The number of aromatic nitrogens is 3. The van der Waals surface area contributed by atoms with Gasteiger partial charge >= 0.3 is 0 Å². The minimum atomic E-state index is -3.55. The van der Waals surface area contributed by atoms with Gasteiger partial charge < -0.3 is 0 Å². The lowest BCUT2D eigenvalue weighted by atomic mass is 10.2. The van der Waals surface area contributed by atoms with E-state index in [9.17, 15) is 8.42 Å². The van der Waals surface area contributed by atoms with Gasteiger partial charge in [-0.2, -0.15) is 5.10 Å². The van der Waals surface area contributed by atoms with Gasteiger partial charge in [0.15, 0.2) is 0 Å². The van der Waals surface area contributed by atoms with E-state index in [4.69, 9.17) is 0 Å². The second-order valence-corrected chi connectivity index (χ2v) is 7.28. The summed E-state index contributed by atoms with van der Waals surface area (Å²) in [4.78, 5) is 4.24. The Kier molecular flexibility index (Phi) is 4.46. The van der Waals surface area contributed by atoms with Crippen molar-refractivity contribution in [2.45, 2.75) is 18.4 Å². The van der Waals surface area contributed by atoms with Crippen molar-refractivity contribution in [1.82, 2.24) is 19.5 Å². The predicted octanol–water partition coefficient (Wildman–Crippen LogP) is 2.27. The highest BCUT2D eigenvalue weighted by molar-refractivity contribution is 7.89. The fraction of sp³-hybridized carbons (Fsp3) is 0.176. The fourth-order valence-corrected chi connectivity index (χ4v) is 3.37. The van der Waals surface area contributed by atoms with Crippen LogP contribution in [0.4, 0.5) is 0 Å². The van der Waals surface area contributed by atoms with Crippen molar-refractivity contribution in [2.75, 3.05) is 0 Å². The Morgan fingerprint density at radius 2 is 1.75 bits per heavy atom. The summed E-state index contributed by atoms with van der Waals surface area (Å²) in [6, 6.07) is 12.4. The van der Waals surface area contributed by atoms with Crippen molar-refractivity contribution in [2.24, 2.45) is 7.05 Å². The van der Waals surface area contributed by atoms with Gasteiger partial charge in [-0.05, 0) is 37.3 Å². The van der Waals surface area contributed by atoms with E-state index in [0.29, 0.717) is 5.69 Å². The molecule has 0 unspecified atom stereocenters. The number of nitrogens with zero attached hydrogens (tertiary/aromatic N) is 3. The summed E-state index contributed by atoms with van der Waals surface area (Å²) >= 11 is 0. The molecule has 3 rings (SSSR count). The molecule has 0 spiro atoms. The van der Waals surface area contributed by atoms with Crippen molar-refractivity contribution < 1.29 is 8.42 Å². The third kappa shape index (κ3) is 3.52. The second-order valence-electron chi connectivity index (χ2n) is 5.52. The van der Waals surface area contributed by atoms with Crippen molar-refractivity contribution in [3.63, 3.8) is 0 Å². The number of aryl methyl sites for hydroxylation is 2. The zero-order chi connectivity index (χ0) is 17.2. The van der Waals surface area contributed by atoms with Gasteiger partial charge in [-0.15, -0.1) is 0 Å². The Hall–Kier alpha value is -2.51. The second kappa shape index (κ2) is 6.54. The molecule has 0 fully saturated rings. The summed E-state index contributed by atoms with van der Waals surface area (Å²) in [6.45, 7) is 2.05. The number of sulfonamides is 1. The number of pyridine rings is 1. The average Bonchev–Trinajstić information content (AvgIpc) is 2.95. The summed E-state index contributed by atoms with van der Waals surface area (Å²) in [5.41, 5.74) is 3.55. The van der Waals surface area contributed by atoms with Gasteiger partial charge in [0.25, 0.3) is 0 Å². The highest BCUT2D eigenvalue weighted by Crippen LogP contribution is 2.19. The molecule has 3 aromatic rings. The van der Waals surface area contributed by atoms with E-state index in [-0.39, 0.29) is 11.4 Å². The van der Waals surface area contributed by atoms with E-state index in [1.165, 1.54) is 0 Å². The molecule has 124 valence electrons. The maximum Gasteiger partial charge on any atom is 0.240 e. The van der Waals surface area contributed by atoms with Crippen molar-refractivity contribution in [3.8, 4) is 11.3 Å². The summed E-state index contributed by atoms with van der Waals surface area (Å²) in [5, 5.41) is 4.37. The molecule has 24 heavy (non-hydrogen) atoms. The highest BCUT2D eigenvalue weighted by atomic mass is 32.2. The Balaban J connectivity index is 1.77. The topological polar surface area (TPSA) is 76.9 Å². The largest absolute Gasteiger partial charge is 0.268 e. The van der Waals surface area contributed by atoms with Crippen LogP contribution in [0.1, 0.15) is 11.3 Å². The number of hydrogen-bond acceptors (Lipinski definition) is 4. The van der Waals surface area contributed by atoms with E-state index in [0.717, 1.165) is 16.8 Å². The Labute approximate surface area is 141 Å². The summed E-state index contributed by atoms with van der Waals surface area (Å²) in [7, 11) is -1.73. The van der Waals surface area contributed by atoms with Crippen LogP contribution < -0.4 is 4.72 Å².